The van der Waals surface area contributed by atoms with Gasteiger partial charge in [0.2, 0.25) is 10.0 Å². The van der Waals surface area contributed by atoms with Gasteiger partial charge < -0.3 is 5.32 Å². The average Bonchev–Trinajstić information content (AvgIpc) is 2.91. The van der Waals surface area contributed by atoms with Crippen LogP contribution in [0.5, 0.6) is 0 Å². The minimum atomic E-state index is -3.46. The number of sulfonamides is 1. The van der Waals surface area contributed by atoms with E-state index < -0.39 is 10.0 Å². The predicted molar refractivity (Wildman–Crippen MR) is 71.0 cm³/mol. The van der Waals surface area contributed by atoms with E-state index in [-0.39, 0.29) is 10.9 Å². The summed E-state index contributed by atoms with van der Waals surface area (Å²) in [6.45, 7) is 0. The van der Waals surface area contributed by atoms with Crippen molar-refractivity contribution in [2.24, 2.45) is 0 Å². The molecule has 18 heavy (non-hydrogen) atoms. The maximum absolute atomic E-state index is 12.5. The van der Waals surface area contributed by atoms with Gasteiger partial charge in [-0.15, -0.1) is 0 Å². The zero-order chi connectivity index (χ0) is 13.2. The van der Waals surface area contributed by atoms with Gasteiger partial charge >= 0.3 is 0 Å². The zero-order valence-corrected chi connectivity index (χ0v) is 11.6. The van der Waals surface area contributed by atoms with Gasteiger partial charge in [0.15, 0.2) is 0 Å². The Morgan fingerprint density at radius 1 is 1.39 bits per heavy atom. The summed E-state index contributed by atoms with van der Waals surface area (Å²) in [6.07, 6.45) is 5.70. The van der Waals surface area contributed by atoms with E-state index in [1.54, 1.807) is 32.4 Å². The molecule has 6 heteroatoms. The van der Waals surface area contributed by atoms with Crippen molar-refractivity contribution in [3.8, 4) is 0 Å². The molecule has 1 fully saturated rings. The minimum absolute atomic E-state index is 0.125. The Bertz CT molecular complexity index is 510. The van der Waals surface area contributed by atoms with Gasteiger partial charge in [-0.05, 0) is 25.0 Å². The monoisotopic (exact) mass is 269 g/mol. The quantitative estimate of drug-likeness (QED) is 0.903. The predicted octanol–water partition coefficient (Wildman–Crippen LogP) is 1.69. The van der Waals surface area contributed by atoms with Crippen LogP contribution >= 0.6 is 0 Å². The van der Waals surface area contributed by atoms with Crippen LogP contribution in [0.1, 0.15) is 25.7 Å². The first-order valence-corrected chi connectivity index (χ1v) is 7.62. The normalized spacial score (nSPS) is 17.3. The molecule has 1 aromatic rings. The molecule has 1 N–H and O–H groups in total. The average molecular weight is 269 g/mol. The summed E-state index contributed by atoms with van der Waals surface area (Å²) < 4.78 is 26.6. The molecule has 1 aliphatic rings. The molecule has 0 bridgehead atoms. The van der Waals surface area contributed by atoms with E-state index in [0.717, 1.165) is 25.7 Å². The second-order valence-corrected chi connectivity index (χ2v) is 6.53. The highest BCUT2D eigenvalue weighted by Crippen LogP contribution is 2.29. The molecule has 2 rings (SSSR count). The second kappa shape index (κ2) is 5.24. The van der Waals surface area contributed by atoms with Gasteiger partial charge in [0.05, 0.1) is 0 Å². The van der Waals surface area contributed by atoms with E-state index in [4.69, 9.17) is 0 Å². The van der Waals surface area contributed by atoms with Crippen molar-refractivity contribution < 1.29 is 8.42 Å². The fourth-order valence-corrected chi connectivity index (χ4v) is 3.97. The topological polar surface area (TPSA) is 62.3 Å². The highest BCUT2D eigenvalue weighted by molar-refractivity contribution is 7.89. The number of pyridine rings is 1. The van der Waals surface area contributed by atoms with Crippen molar-refractivity contribution in [2.45, 2.75) is 36.6 Å². The van der Waals surface area contributed by atoms with Crippen molar-refractivity contribution in [1.82, 2.24) is 9.29 Å². The van der Waals surface area contributed by atoms with Crippen LogP contribution in [0.15, 0.2) is 23.2 Å². The lowest BCUT2D eigenvalue weighted by molar-refractivity contribution is 0.373. The molecular formula is C12H19N3O2S. The van der Waals surface area contributed by atoms with Crippen LogP contribution in [-0.2, 0) is 10.0 Å². The molecular weight excluding hydrogens is 250 g/mol. The molecule has 1 heterocycles. The van der Waals surface area contributed by atoms with E-state index in [9.17, 15) is 8.42 Å². The van der Waals surface area contributed by atoms with Crippen molar-refractivity contribution in [3.05, 3.63) is 18.3 Å². The van der Waals surface area contributed by atoms with Gasteiger partial charge in [0.1, 0.15) is 10.7 Å². The maximum atomic E-state index is 12.5. The third kappa shape index (κ3) is 2.35. The second-order valence-electron chi connectivity index (χ2n) is 4.56. The maximum Gasteiger partial charge on any atom is 0.246 e. The van der Waals surface area contributed by atoms with Crippen molar-refractivity contribution in [3.63, 3.8) is 0 Å². The largest absolute Gasteiger partial charge is 0.372 e. The lowest BCUT2D eigenvalue weighted by atomic mass is 10.3. The molecule has 0 aliphatic heterocycles. The fourth-order valence-electron chi connectivity index (χ4n) is 2.41. The molecule has 0 amide bonds. The molecule has 0 unspecified atom stereocenters. The highest BCUT2D eigenvalue weighted by atomic mass is 32.2. The van der Waals surface area contributed by atoms with Gasteiger partial charge in [-0.25, -0.2) is 13.4 Å². The molecule has 0 aromatic carbocycles. The number of rotatable bonds is 4. The van der Waals surface area contributed by atoms with Crippen LogP contribution in [0, 0.1) is 0 Å². The lowest BCUT2D eigenvalue weighted by Crippen LogP contribution is -2.35. The van der Waals surface area contributed by atoms with Crippen LogP contribution in [0.25, 0.3) is 0 Å². The van der Waals surface area contributed by atoms with Crippen LogP contribution in [0.3, 0.4) is 0 Å². The first kappa shape index (κ1) is 13.3. The molecule has 1 aromatic heterocycles. The van der Waals surface area contributed by atoms with E-state index >= 15 is 0 Å². The van der Waals surface area contributed by atoms with Gasteiger partial charge in [0, 0.05) is 26.3 Å². The van der Waals surface area contributed by atoms with Crippen LogP contribution in [-0.4, -0.2) is 37.8 Å². The summed E-state index contributed by atoms with van der Waals surface area (Å²) in [6, 6.07) is 3.37. The van der Waals surface area contributed by atoms with Gasteiger partial charge in [-0.2, -0.15) is 4.31 Å². The minimum Gasteiger partial charge on any atom is -0.372 e. The van der Waals surface area contributed by atoms with Gasteiger partial charge in [0.25, 0.3) is 0 Å². The van der Waals surface area contributed by atoms with E-state index in [0.29, 0.717) is 5.82 Å². The first-order chi connectivity index (χ1) is 8.57. The molecule has 0 radical (unpaired) electrons. The smallest absolute Gasteiger partial charge is 0.246 e. The summed E-state index contributed by atoms with van der Waals surface area (Å²) in [5.41, 5.74) is 0. The Labute approximate surface area is 108 Å². The summed E-state index contributed by atoms with van der Waals surface area (Å²) in [4.78, 5) is 4.31. The number of hydrogen-bond acceptors (Lipinski definition) is 4. The van der Waals surface area contributed by atoms with Crippen molar-refractivity contribution in [2.75, 3.05) is 19.4 Å². The van der Waals surface area contributed by atoms with E-state index in [1.807, 2.05) is 0 Å². The third-order valence-corrected chi connectivity index (χ3v) is 5.45. The Morgan fingerprint density at radius 3 is 2.67 bits per heavy atom. The third-order valence-electron chi connectivity index (χ3n) is 3.50. The first-order valence-electron chi connectivity index (χ1n) is 6.18. The Kier molecular flexibility index (Phi) is 3.87. The van der Waals surface area contributed by atoms with Crippen LogP contribution in [0.4, 0.5) is 5.82 Å². The molecule has 5 nitrogen and oxygen atoms in total. The molecule has 0 saturated heterocycles. The Balaban J connectivity index is 2.35. The molecule has 100 valence electrons. The van der Waals surface area contributed by atoms with E-state index in [1.165, 1.54) is 4.31 Å². The Morgan fingerprint density at radius 2 is 2.06 bits per heavy atom. The van der Waals surface area contributed by atoms with Gasteiger partial charge in [-0.1, -0.05) is 12.8 Å². The number of nitrogens with one attached hydrogen (secondary N) is 1. The van der Waals surface area contributed by atoms with Gasteiger partial charge in [-0.3, -0.25) is 0 Å². The summed E-state index contributed by atoms with van der Waals surface area (Å²) in [7, 11) is -0.115. The summed E-state index contributed by atoms with van der Waals surface area (Å²) in [5, 5.41) is 2.83. The van der Waals surface area contributed by atoms with E-state index in [2.05, 4.69) is 10.3 Å². The SMILES string of the molecule is CNc1ncccc1S(=O)(=O)N(C)C1CCCC1. The zero-order valence-electron chi connectivity index (χ0n) is 10.8. The van der Waals surface area contributed by atoms with Crippen molar-refractivity contribution in [1.29, 1.82) is 0 Å². The number of aromatic nitrogens is 1. The standard InChI is InChI=1S/C12H19N3O2S/c1-13-12-11(8-5-9-14-12)18(16,17)15(2)10-6-3-4-7-10/h5,8-10H,3-4,6-7H2,1-2H3,(H,13,14). The fraction of sp³-hybridized carbons (Fsp3) is 0.583. The Hall–Kier alpha value is -1.14. The molecule has 0 atom stereocenters. The molecule has 1 aliphatic carbocycles. The number of nitrogens with zero attached hydrogens (tertiary/aromatic N) is 2. The number of anilines is 1. The lowest BCUT2D eigenvalue weighted by Gasteiger charge is -2.24. The number of hydrogen-bond donors (Lipinski definition) is 1. The summed E-state index contributed by atoms with van der Waals surface area (Å²) >= 11 is 0. The molecule has 0 spiro atoms. The van der Waals surface area contributed by atoms with Crippen LogP contribution < -0.4 is 5.32 Å². The summed E-state index contributed by atoms with van der Waals surface area (Å²) in [5.74, 6) is 0.405. The van der Waals surface area contributed by atoms with Crippen LogP contribution in [0.2, 0.25) is 0 Å². The highest BCUT2D eigenvalue weighted by Gasteiger charge is 2.31. The van der Waals surface area contributed by atoms with Crippen molar-refractivity contribution >= 4 is 15.8 Å². The molecule has 1 saturated carbocycles.